The first-order valence-electron chi connectivity index (χ1n) is 15.9. The molecule has 0 aromatic rings. The van der Waals surface area contributed by atoms with Gasteiger partial charge in [-0.3, -0.25) is 9.59 Å². The molecule has 0 aromatic carbocycles. The molecule has 1 spiro atoms. The summed E-state index contributed by atoms with van der Waals surface area (Å²) in [6.45, 7) is 14.4. The van der Waals surface area contributed by atoms with Crippen LogP contribution >= 0.6 is 0 Å². The second kappa shape index (κ2) is 9.35. The van der Waals surface area contributed by atoms with Gasteiger partial charge in [-0.15, -0.1) is 0 Å². The Balaban J connectivity index is 1.22. The van der Waals surface area contributed by atoms with Crippen LogP contribution in [0.5, 0.6) is 0 Å². The Morgan fingerprint density at radius 1 is 1.11 bits per heavy atom. The van der Waals surface area contributed by atoms with Crippen molar-refractivity contribution in [3.8, 4) is 0 Å². The summed E-state index contributed by atoms with van der Waals surface area (Å²) >= 11 is 0. The van der Waals surface area contributed by atoms with E-state index >= 15 is 0 Å². The fraction of sp³-hybridized carbons (Fsp3) is 0.879. The van der Waals surface area contributed by atoms with E-state index in [1.165, 1.54) is 19.3 Å². The number of rotatable bonds is 3. The number of fused-ring (bicyclic) bond motifs is 7. The summed E-state index contributed by atoms with van der Waals surface area (Å²) in [4.78, 5) is 27.1. The molecule has 0 N–H and O–H groups in total. The average Bonchev–Trinajstić information content (AvgIpc) is 3.31. The van der Waals surface area contributed by atoms with Crippen molar-refractivity contribution < 1.29 is 19.1 Å². The van der Waals surface area contributed by atoms with Crippen molar-refractivity contribution in [2.75, 3.05) is 6.54 Å². The highest BCUT2D eigenvalue weighted by molar-refractivity contribution is 5.74. The summed E-state index contributed by atoms with van der Waals surface area (Å²) < 4.78 is 13.0. The number of hydrogen-bond acceptors (Lipinski definition) is 4. The second-order valence-electron chi connectivity index (χ2n) is 14.7. The van der Waals surface area contributed by atoms with Gasteiger partial charge in [0.05, 0.1) is 6.10 Å². The Hall–Kier alpha value is -1.36. The van der Waals surface area contributed by atoms with Gasteiger partial charge in [0.2, 0.25) is 5.91 Å². The van der Waals surface area contributed by atoms with Crippen LogP contribution in [0.3, 0.4) is 0 Å². The van der Waals surface area contributed by atoms with Gasteiger partial charge >= 0.3 is 5.97 Å². The van der Waals surface area contributed by atoms with E-state index in [0.717, 1.165) is 57.4 Å². The second-order valence-corrected chi connectivity index (χ2v) is 14.7. The molecule has 0 unspecified atom stereocenters. The van der Waals surface area contributed by atoms with Crippen LogP contribution < -0.4 is 0 Å². The van der Waals surface area contributed by atoms with Gasteiger partial charge in [0, 0.05) is 32.2 Å². The average molecular weight is 526 g/mol. The monoisotopic (exact) mass is 525 g/mol. The van der Waals surface area contributed by atoms with Crippen LogP contribution in [0.2, 0.25) is 0 Å². The standard InChI is InChI=1S/C33H51NO4/c1-7-8-29(36)37-24-12-14-31(5)23(17-24)9-10-25-26(31)13-15-32(6)27(25)18-28-30(32)21(3)33(38-28)16-11-20(2)19-34(33)22(4)35/h9,20-21,24-28,30H,7-8,10-19H2,1-6H3/t20-,21-,24+,25+,26-,27-,28+,30-,31-,32-,33+/m0/s1. The molecule has 1 amide bonds. The highest BCUT2D eigenvalue weighted by atomic mass is 16.5. The lowest BCUT2D eigenvalue weighted by molar-refractivity contribution is -0.200. The first kappa shape index (κ1) is 26.8. The van der Waals surface area contributed by atoms with E-state index in [1.807, 2.05) is 6.92 Å². The number of esters is 1. The number of carbonyl (C=O) groups excluding carboxylic acids is 2. The zero-order valence-electron chi connectivity index (χ0n) is 24.8. The summed E-state index contributed by atoms with van der Waals surface area (Å²) in [5.41, 5.74) is 1.71. The molecule has 4 aliphatic carbocycles. The topological polar surface area (TPSA) is 55.8 Å². The zero-order chi connectivity index (χ0) is 27.0. The Morgan fingerprint density at radius 3 is 2.63 bits per heavy atom. The lowest BCUT2D eigenvalue weighted by Gasteiger charge is -2.59. The summed E-state index contributed by atoms with van der Waals surface area (Å²) in [5, 5.41) is 0. The fourth-order valence-corrected chi connectivity index (χ4v) is 11.0. The molecule has 6 aliphatic rings. The molecular formula is C33H51NO4. The van der Waals surface area contributed by atoms with Crippen LogP contribution in [0.25, 0.3) is 0 Å². The molecule has 11 atom stereocenters. The van der Waals surface area contributed by atoms with E-state index in [0.29, 0.717) is 36.0 Å². The minimum absolute atomic E-state index is 0.0241. The lowest BCUT2D eigenvalue weighted by atomic mass is 9.46. The summed E-state index contributed by atoms with van der Waals surface area (Å²) in [6.07, 6.45) is 14.4. The smallest absolute Gasteiger partial charge is 0.306 e. The van der Waals surface area contributed by atoms with Gasteiger partial charge in [-0.25, -0.2) is 0 Å². The summed E-state index contributed by atoms with van der Waals surface area (Å²) in [5.74, 6) is 3.76. The molecule has 0 aromatic heterocycles. The molecular weight excluding hydrogens is 474 g/mol. The van der Waals surface area contributed by atoms with E-state index in [-0.39, 0.29) is 34.9 Å². The van der Waals surface area contributed by atoms with Gasteiger partial charge in [0.15, 0.2) is 0 Å². The van der Waals surface area contributed by atoms with Gasteiger partial charge in [-0.05, 0) is 98.2 Å². The van der Waals surface area contributed by atoms with Crippen molar-refractivity contribution in [3.05, 3.63) is 11.6 Å². The third kappa shape index (κ3) is 3.79. The van der Waals surface area contributed by atoms with Gasteiger partial charge < -0.3 is 14.4 Å². The van der Waals surface area contributed by atoms with E-state index in [4.69, 9.17) is 9.47 Å². The molecule has 5 fully saturated rings. The van der Waals surface area contributed by atoms with Crippen LogP contribution in [0.1, 0.15) is 112 Å². The molecule has 5 heteroatoms. The number of nitrogens with zero attached hydrogens (tertiary/aromatic N) is 1. The predicted octanol–water partition coefficient (Wildman–Crippen LogP) is 6.90. The van der Waals surface area contributed by atoms with Crippen LogP contribution in [-0.4, -0.2) is 41.3 Å². The molecule has 2 heterocycles. The predicted molar refractivity (Wildman–Crippen MR) is 148 cm³/mol. The Labute approximate surface area is 230 Å². The Bertz CT molecular complexity index is 1010. The van der Waals surface area contributed by atoms with E-state index in [9.17, 15) is 9.59 Å². The van der Waals surface area contributed by atoms with Crippen LogP contribution in [-0.2, 0) is 19.1 Å². The number of hydrogen-bond donors (Lipinski definition) is 0. The van der Waals surface area contributed by atoms with Gasteiger partial charge in [-0.1, -0.05) is 46.3 Å². The Kier molecular flexibility index (Phi) is 6.60. The van der Waals surface area contributed by atoms with Crippen molar-refractivity contribution in [2.45, 2.75) is 130 Å². The van der Waals surface area contributed by atoms with E-state index in [1.54, 1.807) is 12.5 Å². The largest absolute Gasteiger partial charge is 0.462 e. The molecule has 0 radical (unpaired) electrons. The molecule has 38 heavy (non-hydrogen) atoms. The summed E-state index contributed by atoms with van der Waals surface area (Å²) in [7, 11) is 0. The van der Waals surface area contributed by atoms with Gasteiger partial charge in [0.25, 0.3) is 0 Å². The minimum Gasteiger partial charge on any atom is -0.462 e. The third-order valence-corrected chi connectivity index (χ3v) is 12.8. The molecule has 3 saturated carbocycles. The SMILES string of the molecule is CCCC(=O)O[C@@H]1CC[C@@]2(C)C(=CC[C@H]3[C@@H]4C[C@H]5O[C@]6(CC[C@H](C)CN6C(C)=O)[C@@H](C)[C@@H]5[C@@]4(C)CC[C@@H]32)C1. The molecule has 212 valence electrons. The first-order chi connectivity index (χ1) is 18.0. The first-order valence-corrected chi connectivity index (χ1v) is 15.9. The van der Waals surface area contributed by atoms with Crippen molar-refractivity contribution >= 4 is 11.9 Å². The van der Waals surface area contributed by atoms with Crippen molar-refractivity contribution in [2.24, 2.45) is 46.3 Å². The van der Waals surface area contributed by atoms with E-state index < -0.39 is 5.72 Å². The number of piperidine rings is 1. The number of allylic oxidation sites excluding steroid dienone is 1. The number of ether oxygens (including phenoxy) is 2. The maximum Gasteiger partial charge on any atom is 0.306 e. The molecule has 5 nitrogen and oxygen atoms in total. The maximum atomic E-state index is 12.8. The van der Waals surface area contributed by atoms with Crippen molar-refractivity contribution in [1.29, 1.82) is 0 Å². The molecule has 0 bridgehead atoms. The normalized spacial score (nSPS) is 49.5. The minimum atomic E-state index is -0.391. The maximum absolute atomic E-state index is 12.8. The molecule has 2 saturated heterocycles. The molecule has 2 aliphatic heterocycles. The van der Waals surface area contributed by atoms with E-state index in [2.05, 4.69) is 38.7 Å². The van der Waals surface area contributed by atoms with Crippen LogP contribution in [0.15, 0.2) is 11.6 Å². The number of amides is 1. The lowest BCUT2D eigenvalue weighted by Crippen LogP contribution is -2.60. The van der Waals surface area contributed by atoms with Crippen LogP contribution in [0, 0.1) is 46.3 Å². The zero-order valence-corrected chi connectivity index (χ0v) is 24.8. The van der Waals surface area contributed by atoms with Crippen molar-refractivity contribution in [3.63, 3.8) is 0 Å². The molecule has 6 rings (SSSR count). The fourth-order valence-electron chi connectivity index (χ4n) is 11.0. The third-order valence-electron chi connectivity index (χ3n) is 12.8. The highest BCUT2D eigenvalue weighted by Gasteiger charge is 2.69. The van der Waals surface area contributed by atoms with Crippen LogP contribution in [0.4, 0.5) is 0 Å². The van der Waals surface area contributed by atoms with Crippen molar-refractivity contribution in [1.82, 2.24) is 4.90 Å². The number of carbonyl (C=O) groups is 2. The quantitative estimate of drug-likeness (QED) is 0.297. The Morgan fingerprint density at radius 2 is 1.89 bits per heavy atom. The highest BCUT2D eigenvalue weighted by Crippen LogP contribution is 2.70. The number of likely N-dealkylation sites (tertiary alicyclic amines) is 1. The van der Waals surface area contributed by atoms with Gasteiger partial charge in [0.1, 0.15) is 11.8 Å². The van der Waals surface area contributed by atoms with Gasteiger partial charge in [-0.2, -0.15) is 0 Å². The summed E-state index contributed by atoms with van der Waals surface area (Å²) in [6, 6.07) is 0.